The lowest BCUT2D eigenvalue weighted by molar-refractivity contribution is 0.0525. The van der Waals surface area contributed by atoms with E-state index >= 15 is 0 Å². The van der Waals surface area contributed by atoms with E-state index in [2.05, 4.69) is 20.5 Å². The molecule has 0 saturated heterocycles. The van der Waals surface area contributed by atoms with Crippen LogP contribution in [0.15, 0.2) is 30.6 Å². The molecule has 1 aromatic carbocycles. The van der Waals surface area contributed by atoms with Gasteiger partial charge in [0.2, 0.25) is 0 Å². The molecule has 0 spiro atoms. The Labute approximate surface area is 193 Å². The molecule has 2 heterocycles. The number of hydrogen-bond acceptors (Lipinski definition) is 7. The molecule has 0 bridgehead atoms. The van der Waals surface area contributed by atoms with Gasteiger partial charge < -0.3 is 20.3 Å². The number of ketones is 1. The van der Waals surface area contributed by atoms with Gasteiger partial charge in [0, 0.05) is 48.7 Å². The summed E-state index contributed by atoms with van der Waals surface area (Å²) in [6.07, 6.45) is 2.81. The molecule has 33 heavy (non-hydrogen) atoms. The van der Waals surface area contributed by atoms with E-state index in [0.717, 1.165) is 34.4 Å². The molecule has 2 aromatic heterocycles. The van der Waals surface area contributed by atoms with Crippen LogP contribution >= 0.6 is 0 Å². The largest absolute Gasteiger partial charge is 0.444 e. The summed E-state index contributed by atoms with van der Waals surface area (Å²) >= 11 is 0. The number of nitrogens with zero attached hydrogens (tertiary/aromatic N) is 4. The fraction of sp³-hybridized carbons (Fsp3) is 0.417. The van der Waals surface area contributed by atoms with Crippen LogP contribution in [0.1, 0.15) is 36.7 Å². The molecule has 0 fully saturated rings. The van der Waals surface area contributed by atoms with Crippen molar-refractivity contribution in [3.8, 4) is 11.3 Å². The van der Waals surface area contributed by atoms with Gasteiger partial charge in [-0.25, -0.2) is 4.79 Å². The molecule has 1 aliphatic rings. The van der Waals surface area contributed by atoms with E-state index in [9.17, 15) is 9.59 Å². The number of aromatic nitrogens is 3. The van der Waals surface area contributed by atoms with Gasteiger partial charge in [0.15, 0.2) is 5.78 Å². The second-order valence-electron chi connectivity index (χ2n) is 9.36. The summed E-state index contributed by atoms with van der Waals surface area (Å²) in [5, 5.41) is 11.8. The first kappa shape index (κ1) is 22.7. The Kier molecular flexibility index (Phi) is 6.07. The molecular weight excluding hydrogens is 420 g/mol. The lowest BCUT2D eigenvalue weighted by Crippen LogP contribution is -2.34. The van der Waals surface area contributed by atoms with Gasteiger partial charge in [-0.05, 0) is 53.1 Å². The minimum absolute atomic E-state index is 0.0602. The number of ether oxygens (including phenoxy) is 1. The number of amides is 1. The molecule has 0 saturated carbocycles. The summed E-state index contributed by atoms with van der Waals surface area (Å²) in [5.41, 5.74) is 3.77. The molecule has 174 valence electrons. The normalized spacial score (nSPS) is 12.7. The average Bonchev–Trinajstić information content (AvgIpc) is 3.10. The van der Waals surface area contributed by atoms with Gasteiger partial charge in [-0.2, -0.15) is 5.10 Å². The molecule has 2 N–H and O–H groups in total. The molecule has 0 unspecified atom stereocenters. The smallest absolute Gasteiger partial charge is 0.407 e. The van der Waals surface area contributed by atoms with Gasteiger partial charge in [-0.15, -0.1) is 0 Å². The Hall–Kier alpha value is -3.46. The Bertz CT molecular complexity index is 1210. The Balaban J connectivity index is 1.68. The highest BCUT2D eigenvalue weighted by atomic mass is 16.6. The predicted octanol–water partition coefficient (Wildman–Crippen LogP) is 3.14. The van der Waals surface area contributed by atoms with E-state index in [0.29, 0.717) is 30.8 Å². The minimum Gasteiger partial charge on any atom is -0.444 e. The maximum Gasteiger partial charge on any atom is 0.407 e. The number of rotatable bonds is 7. The van der Waals surface area contributed by atoms with Crippen molar-refractivity contribution >= 4 is 28.5 Å². The minimum atomic E-state index is -0.558. The molecule has 1 amide bonds. The van der Waals surface area contributed by atoms with Gasteiger partial charge in [-0.3, -0.25) is 14.5 Å². The Morgan fingerprint density at radius 1 is 1.15 bits per heavy atom. The highest BCUT2D eigenvalue weighted by Crippen LogP contribution is 2.41. The zero-order valence-corrected chi connectivity index (χ0v) is 19.7. The van der Waals surface area contributed by atoms with Crippen LogP contribution in [-0.2, 0) is 11.3 Å². The van der Waals surface area contributed by atoms with Crippen molar-refractivity contribution < 1.29 is 14.3 Å². The fourth-order valence-corrected chi connectivity index (χ4v) is 3.92. The summed E-state index contributed by atoms with van der Waals surface area (Å²) in [6, 6.07) is 5.73. The number of carbonyl (C=O) groups excluding carboxylic acids is 2. The van der Waals surface area contributed by atoms with Gasteiger partial charge in [0.05, 0.1) is 23.2 Å². The number of alkyl carbamates (subject to hydrolysis) is 1. The highest BCUT2D eigenvalue weighted by Gasteiger charge is 2.31. The summed E-state index contributed by atoms with van der Waals surface area (Å²) in [4.78, 5) is 31.7. The molecule has 9 heteroatoms. The van der Waals surface area contributed by atoms with Crippen LogP contribution in [0.5, 0.6) is 0 Å². The lowest BCUT2D eigenvalue weighted by atomic mass is 9.87. The number of likely N-dealkylation sites (N-methyl/N-ethyl adjacent to an activating group) is 1. The van der Waals surface area contributed by atoms with Gasteiger partial charge in [0.25, 0.3) is 0 Å². The molecular formula is C24H30N6O3. The molecule has 4 rings (SSSR count). The van der Waals surface area contributed by atoms with Crippen molar-refractivity contribution in [2.75, 3.05) is 39.0 Å². The van der Waals surface area contributed by atoms with E-state index in [1.165, 1.54) is 0 Å². The summed E-state index contributed by atoms with van der Waals surface area (Å²) in [5.74, 6) is -0.0602. The van der Waals surface area contributed by atoms with Crippen LogP contribution in [-0.4, -0.2) is 70.9 Å². The van der Waals surface area contributed by atoms with Crippen molar-refractivity contribution in [2.45, 2.75) is 32.9 Å². The maximum absolute atomic E-state index is 13.5. The van der Waals surface area contributed by atoms with Gasteiger partial charge in [-0.1, -0.05) is 0 Å². The Morgan fingerprint density at radius 2 is 1.94 bits per heavy atom. The standard InChI is InChI=1S/C24H30N6O3/c1-24(2,3)33-23(32)27-11-13-30-18-7-6-17(26-10-12-29(4)5)19-20(18)21(28-30)15-8-9-25-14-16(15)22(19)31/h6-9,14,26H,10-13H2,1-5H3,(H,27,32). The summed E-state index contributed by atoms with van der Waals surface area (Å²) < 4.78 is 7.14. The average molecular weight is 451 g/mol. The second kappa shape index (κ2) is 8.82. The van der Waals surface area contributed by atoms with Crippen molar-refractivity contribution in [3.05, 3.63) is 41.7 Å². The third-order valence-corrected chi connectivity index (χ3v) is 5.33. The first-order valence-corrected chi connectivity index (χ1v) is 11.0. The number of carbonyl (C=O) groups is 2. The zero-order valence-electron chi connectivity index (χ0n) is 19.7. The molecule has 9 nitrogen and oxygen atoms in total. The first-order chi connectivity index (χ1) is 15.7. The first-order valence-electron chi connectivity index (χ1n) is 11.0. The van der Waals surface area contributed by atoms with Crippen molar-refractivity contribution in [3.63, 3.8) is 0 Å². The van der Waals surface area contributed by atoms with Crippen molar-refractivity contribution in [1.82, 2.24) is 25.0 Å². The summed E-state index contributed by atoms with van der Waals surface area (Å²) in [7, 11) is 4.02. The number of pyridine rings is 1. The lowest BCUT2D eigenvalue weighted by Gasteiger charge is -2.19. The van der Waals surface area contributed by atoms with Crippen LogP contribution in [0, 0.1) is 0 Å². The number of fused-ring (bicyclic) bond motifs is 2. The Morgan fingerprint density at radius 3 is 2.67 bits per heavy atom. The SMILES string of the molecule is CN(C)CCNc1ccc2c3c(nn2CCNC(=O)OC(C)(C)C)-c2ccncc2C(=O)c13. The predicted molar refractivity (Wildman–Crippen MR) is 128 cm³/mol. The number of nitrogens with one attached hydrogen (secondary N) is 2. The number of anilines is 1. The second-order valence-corrected chi connectivity index (χ2v) is 9.36. The van der Waals surface area contributed by atoms with E-state index in [-0.39, 0.29) is 5.78 Å². The van der Waals surface area contributed by atoms with Crippen LogP contribution in [0.3, 0.4) is 0 Å². The van der Waals surface area contributed by atoms with Crippen LogP contribution in [0.4, 0.5) is 10.5 Å². The molecule has 0 atom stereocenters. The van der Waals surface area contributed by atoms with E-state index in [1.807, 2.05) is 57.7 Å². The third-order valence-electron chi connectivity index (χ3n) is 5.33. The van der Waals surface area contributed by atoms with Crippen LogP contribution in [0.25, 0.3) is 22.2 Å². The zero-order chi connectivity index (χ0) is 23.8. The number of hydrogen-bond donors (Lipinski definition) is 2. The van der Waals surface area contributed by atoms with Gasteiger partial charge in [0.1, 0.15) is 11.3 Å². The quantitative estimate of drug-likeness (QED) is 0.446. The maximum atomic E-state index is 13.5. The molecule has 1 aliphatic carbocycles. The molecule has 0 aliphatic heterocycles. The van der Waals surface area contributed by atoms with Crippen molar-refractivity contribution in [1.29, 1.82) is 0 Å². The monoisotopic (exact) mass is 450 g/mol. The van der Waals surface area contributed by atoms with Gasteiger partial charge >= 0.3 is 6.09 Å². The van der Waals surface area contributed by atoms with E-state index in [1.54, 1.807) is 12.4 Å². The van der Waals surface area contributed by atoms with Crippen LogP contribution < -0.4 is 10.6 Å². The molecule has 0 radical (unpaired) electrons. The van der Waals surface area contributed by atoms with Crippen molar-refractivity contribution in [2.24, 2.45) is 0 Å². The van der Waals surface area contributed by atoms with E-state index < -0.39 is 11.7 Å². The highest BCUT2D eigenvalue weighted by molar-refractivity contribution is 6.27. The van der Waals surface area contributed by atoms with Crippen LogP contribution in [0.2, 0.25) is 0 Å². The fourth-order valence-electron chi connectivity index (χ4n) is 3.92. The topological polar surface area (TPSA) is 101 Å². The number of benzene rings is 1. The third kappa shape index (κ3) is 4.68. The summed E-state index contributed by atoms with van der Waals surface area (Å²) in [6.45, 7) is 7.81. The molecule has 3 aromatic rings. The van der Waals surface area contributed by atoms with E-state index in [4.69, 9.17) is 9.84 Å².